The maximum Gasteiger partial charge on any atom is 0.213 e. The first kappa shape index (κ1) is 12.8. The lowest BCUT2D eigenvalue weighted by molar-refractivity contribution is -0.274. The minimum atomic E-state index is -0.922. The lowest BCUT2D eigenvalue weighted by Gasteiger charge is -2.39. The monoisotopic (exact) mass is 259 g/mol. The molecule has 6 heteroatoms. The van der Waals surface area contributed by atoms with Gasteiger partial charge >= 0.3 is 0 Å². The summed E-state index contributed by atoms with van der Waals surface area (Å²) in [7, 11) is 0. The Hall–Kier alpha value is -0.240. The van der Waals surface area contributed by atoms with E-state index in [1.54, 1.807) is 0 Å². The highest BCUT2D eigenvalue weighted by Crippen LogP contribution is 2.46. The van der Waals surface area contributed by atoms with E-state index in [-0.39, 0.29) is 24.9 Å². The van der Waals surface area contributed by atoms with Gasteiger partial charge in [-0.05, 0) is 27.7 Å². The maximum absolute atomic E-state index is 5.92. The third-order valence-electron chi connectivity index (χ3n) is 3.56. The minimum absolute atomic E-state index is 0.137. The number of fused-ring (bicyclic) bond motifs is 3. The Balaban J connectivity index is 1.90. The first-order valence-electron chi connectivity index (χ1n) is 6.35. The molecule has 3 fully saturated rings. The topological polar surface area (TPSA) is 72.2 Å². The number of rotatable bonds is 1. The summed E-state index contributed by atoms with van der Waals surface area (Å²) in [6.07, 6.45) is -0.709. The molecule has 3 rings (SSSR count). The van der Waals surface area contributed by atoms with Gasteiger partial charge in [0, 0.05) is 0 Å². The van der Waals surface area contributed by atoms with Crippen LogP contribution in [0.1, 0.15) is 27.7 Å². The van der Waals surface area contributed by atoms with Crippen LogP contribution in [0.5, 0.6) is 0 Å². The fourth-order valence-corrected chi connectivity index (χ4v) is 3.01. The Morgan fingerprint density at radius 3 is 2.44 bits per heavy atom. The second-order valence-corrected chi connectivity index (χ2v) is 6.01. The van der Waals surface area contributed by atoms with Crippen molar-refractivity contribution in [3.05, 3.63) is 0 Å². The van der Waals surface area contributed by atoms with Gasteiger partial charge in [-0.1, -0.05) is 0 Å². The fraction of sp³-hybridized carbons (Fsp3) is 1.00. The second kappa shape index (κ2) is 3.65. The number of hydrogen-bond donors (Lipinski definition) is 1. The van der Waals surface area contributed by atoms with E-state index in [9.17, 15) is 0 Å². The molecule has 0 aromatic heterocycles. The van der Waals surface area contributed by atoms with Crippen molar-refractivity contribution in [2.24, 2.45) is 5.73 Å². The molecule has 104 valence electrons. The van der Waals surface area contributed by atoms with Gasteiger partial charge in [0.05, 0.1) is 13.2 Å². The first-order chi connectivity index (χ1) is 8.27. The highest BCUT2D eigenvalue weighted by molar-refractivity contribution is 5.03. The SMILES string of the molecule is CC1(C)OC2COC3(CN)OC(C)(C)OC3C2O1. The smallest absolute Gasteiger partial charge is 0.213 e. The van der Waals surface area contributed by atoms with Crippen LogP contribution in [-0.4, -0.2) is 48.8 Å². The van der Waals surface area contributed by atoms with Crippen LogP contribution in [0.15, 0.2) is 0 Å². The molecule has 0 radical (unpaired) electrons. The molecule has 0 aromatic carbocycles. The van der Waals surface area contributed by atoms with Crippen molar-refractivity contribution in [3.8, 4) is 0 Å². The van der Waals surface area contributed by atoms with Gasteiger partial charge in [-0.3, -0.25) is 0 Å². The molecule has 0 amide bonds. The molecule has 4 atom stereocenters. The zero-order valence-electron chi connectivity index (χ0n) is 11.3. The third kappa shape index (κ3) is 1.79. The van der Waals surface area contributed by atoms with E-state index in [0.717, 1.165) is 0 Å². The van der Waals surface area contributed by atoms with Gasteiger partial charge in [-0.15, -0.1) is 0 Å². The summed E-state index contributed by atoms with van der Waals surface area (Å²) in [4.78, 5) is 0. The molecular formula is C12H21NO5. The van der Waals surface area contributed by atoms with Crippen molar-refractivity contribution in [1.29, 1.82) is 0 Å². The van der Waals surface area contributed by atoms with Crippen LogP contribution in [0.25, 0.3) is 0 Å². The number of nitrogens with two attached hydrogens (primary N) is 1. The molecule has 0 aliphatic carbocycles. The highest BCUT2D eigenvalue weighted by Gasteiger charge is 2.64. The molecule has 0 aromatic rings. The van der Waals surface area contributed by atoms with Gasteiger partial charge < -0.3 is 29.4 Å². The van der Waals surface area contributed by atoms with Crippen LogP contribution in [0, 0.1) is 0 Å². The number of ether oxygens (including phenoxy) is 5. The van der Waals surface area contributed by atoms with Gasteiger partial charge in [-0.2, -0.15) is 0 Å². The van der Waals surface area contributed by atoms with Gasteiger partial charge in [0.15, 0.2) is 11.6 Å². The Bertz CT molecular complexity index is 358. The van der Waals surface area contributed by atoms with Gasteiger partial charge in [0.1, 0.15) is 18.3 Å². The Kier molecular flexibility index (Phi) is 2.59. The lowest BCUT2D eigenvalue weighted by Crippen LogP contribution is -2.61. The van der Waals surface area contributed by atoms with E-state index >= 15 is 0 Å². The molecule has 0 saturated carbocycles. The lowest BCUT2D eigenvalue weighted by atomic mass is 9.97. The average Bonchev–Trinajstić information content (AvgIpc) is 2.70. The van der Waals surface area contributed by atoms with E-state index < -0.39 is 17.4 Å². The zero-order valence-corrected chi connectivity index (χ0v) is 11.3. The van der Waals surface area contributed by atoms with E-state index in [4.69, 9.17) is 29.4 Å². The predicted octanol–water partition coefficient (Wildman–Crippen LogP) is 0.343. The molecular weight excluding hydrogens is 238 g/mol. The largest absolute Gasteiger partial charge is 0.343 e. The van der Waals surface area contributed by atoms with Crippen molar-refractivity contribution in [1.82, 2.24) is 0 Å². The van der Waals surface area contributed by atoms with Crippen LogP contribution < -0.4 is 5.73 Å². The van der Waals surface area contributed by atoms with Crippen molar-refractivity contribution in [2.75, 3.05) is 13.2 Å². The number of hydrogen-bond acceptors (Lipinski definition) is 6. The molecule has 3 aliphatic rings. The summed E-state index contributed by atoms with van der Waals surface area (Å²) in [5.41, 5.74) is 5.82. The van der Waals surface area contributed by atoms with Crippen LogP contribution >= 0.6 is 0 Å². The first-order valence-corrected chi connectivity index (χ1v) is 6.35. The normalized spacial score (nSPS) is 48.8. The fourth-order valence-electron chi connectivity index (χ4n) is 3.01. The van der Waals surface area contributed by atoms with Crippen molar-refractivity contribution in [3.63, 3.8) is 0 Å². The molecule has 6 nitrogen and oxygen atoms in total. The quantitative estimate of drug-likeness (QED) is 0.732. The summed E-state index contributed by atoms with van der Waals surface area (Å²) in [5.74, 6) is -2.27. The molecule has 3 heterocycles. The highest BCUT2D eigenvalue weighted by atomic mass is 16.9. The molecule has 0 spiro atoms. The Morgan fingerprint density at radius 2 is 1.78 bits per heavy atom. The van der Waals surface area contributed by atoms with E-state index in [0.29, 0.717) is 6.61 Å². The molecule has 2 N–H and O–H groups in total. The summed E-state index contributed by atoms with van der Waals surface area (Å²) < 4.78 is 29.3. The Morgan fingerprint density at radius 1 is 1.06 bits per heavy atom. The molecule has 4 unspecified atom stereocenters. The van der Waals surface area contributed by atoms with Gasteiger partial charge in [0.2, 0.25) is 5.79 Å². The molecule has 0 bridgehead atoms. The van der Waals surface area contributed by atoms with Crippen molar-refractivity contribution >= 4 is 0 Å². The maximum atomic E-state index is 5.92. The summed E-state index contributed by atoms with van der Waals surface area (Å²) in [6.45, 7) is 8.10. The Labute approximate surface area is 107 Å². The molecule has 18 heavy (non-hydrogen) atoms. The second-order valence-electron chi connectivity index (χ2n) is 6.01. The standard InChI is InChI=1S/C12H21NO5/c1-10(2)15-7-5-14-12(6-13)9(8(7)16-10)17-11(3,4)18-12/h7-9H,5-6,13H2,1-4H3. The third-order valence-corrected chi connectivity index (χ3v) is 3.56. The van der Waals surface area contributed by atoms with Crippen LogP contribution in [-0.2, 0) is 23.7 Å². The summed E-state index contributed by atoms with van der Waals surface area (Å²) >= 11 is 0. The average molecular weight is 259 g/mol. The van der Waals surface area contributed by atoms with Gasteiger partial charge in [-0.25, -0.2) is 0 Å². The van der Waals surface area contributed by atoms with E-state index in [2.05, 4.69) is 0 Å². The predicted molar refractivity (Wildman–Crippen MR) is 61.6 cm³/mol. The van der Waals surface area contributed by atoms with E-state index in [1.165, 1.54) is 0 Å². The molecule has 3 aliphatic heterocycles. The molecule has 3 saturated heterocycles. The van der Waals surface area contributed by atoms with Crippen molar-refractivity contribution < 1.29 is 23.7 Å². The van der Waals surface area contributed by atoms with Crippen molar-refractivity contribution in [2.45, 2.75) is 63.4 Å². The zero-order chi connectivity index (χ0) is 13.2. The summed E-state index contributed by atoms with van der Waals surface area (Å²) in [5, 5.41) is 0. The van der Waals surface area contributed by atoms with E-state index in [1.807, 2.05) is 27.7 Å². The van der Waals surface area contributed by atoms with Crippen LogP contribution in [0.2, 0.25) is 0 Å². The van der Waals surface area contributed by atoms with Crippen LogP contribution in [0.3, 0.4) is 0 Å². The van der Waals surface area contributed by atoms with Gasteiger partial charge in [0.25, 0.3) is 0 Å². The van der Waals surface area contributed by atoms with Crippen LogP contribution in [0.4, 0.5) is 0 Å². The summed E-state index contributed by atoms with van der Waals surface area (Å²) in [6, 6.07) is 0. The minimum Gasteiger partial charge on any atom is -0.343 e.